The largest absolute Gasteiger partial charge is 0.338 e. The van der Waals surface area contributed by atoms with E-state index in [2.05, 4.69) is 15.6 Å². The molecule has 3 rings (SSSR count). The van der Waals surface area contributed by atoms with Crippen LogP contribution in [0.1, 0.15) is 59.8 Å². The fraction of sp³-hybridized carbons (Fsp3) is 0.562. The molecule has 6 nitrogen and oxygen atoms in total. The van der Waals surface area contributed by atoms with E-state index in [1.165, 1.54) is 31.5 Å². The standard InChI is InChI=1S/C16H20F2N4O2/c1-10-14(11-5-3-2-4-6-11)21-24-16(10)20-15(23)12-7-8-19-22(12)9-13(17)18/h7-8,11,13H,2-6,9H2,1H3,(H,20,23). The predicted octanol–water partition coefficient (Wildman–Crippen LogP) is 3.74. The fourth-order valence-corrected chi connectivity index (χ4v) is 3.19. The SMILES string of the molecule is Cc1c(C2CCCCC2)noc1NC(=O)c1ccnn1CC(F)F. The molecule has 1 amide bonds. The van der Waals surface area contributed by atoms with Crippen molar-refractivity contribution >= 4 is 11.8 Å². The summed E-state index contributed by atoms with van der Waals surface area (Å²) in [6.45, 7) is 1.23. The average Bonchev–Trinajstić information content (AvgIpc) is 3.15. The second-order valence-corrected chi connectivity index (χ2v) is 6.10. The average molecular weight is 338 g/mol. The molecule has 8 heteroatoms. The number of nitrogens with one attached hydrogen (secondary N) is 1. The number of carbonyl (C=O) groups excluding carboxylic acids is 1. The Morgan fingerprint density at radius 2 is 2.17 bits per heavy atom. The normalized spacial score (nSPS) is 15.8. The van der Waals surface area contributed by atoms with Crippen LogP contribution in [0.5, 0.6) is 0 Å². The summed E-state index contributed by atoms with van der Waals surface area (Å²) in [4.78, 5) is 12.3. The number of rotatable bonds is 5. The molecule has 0 aromatic carbocycles. The lowest BCUT2D eigenvalue weighted by atomic mass is 9.86. The molecule has 0 saturated heterocycles. The van der Waals surface area contributed by atoms with E-state index in [0.29, 0.717) is 5.92 Å². The van der Waals surface area contributed by atoms with Crippen molar-refractivity contribution in [2.24, 2.45) is 0 Å². The first-order valence-corrected chi connectivity index (χ1v) is 8.13. The van der Waals surface area contributed by atoms with Crippen LogP contribution in [-0.2, 0) is 6.54 Å². The Kier molecular flexibility index (Phi) is 4.92. The first-order chi connectivity index (χ1) is 11.6. The highest BCUT2D eigenvalue weighted by Crippen LogP contribution is 2.35. The van der Waals surface area contributed by atoms with Crippen LogP contribution >= 0.6 is 0 Å². The Labute approximate surface area is 138 Å². The number of amides is 1. The van der Waals surface area contributed by atoms with Crippen LogP contribution in [0.2, 0.25) is 0 Å². The molecular weight excluding hydrogens is 318 g/mol. The van der Waals surface area contributed by atoms with Crippen LogP contribution in [0.3, 0.4) is 0 Å². The van der Waals surface area contributed by atoms with Crippen molar-refractivity contribution < 1.29 is 18.1 Å². The van der Waals surface area contributed by atoms with Gasteiger partial charge in [-0.3, -0.25) is 14.8 Å². The van der Waals surface area contributed by atoms with Crippen molar-refractivity contribution in [3.05, 3.63) is 29.2 Å². The molecule has 1 aliphatic rings. The lowest BCUT2D eigenvalue weighted by Gasteiger charge is -2.19. The number of alkyl halides is 2. The molecule has 1 fully saturated rings. The van der Waals surface area contributed by atoms with E-state index in [0.717, 1.165) is 28.8 Å². The predicted molar refractivity (Wildman–Crippen MR) is 83.3 cm³/mol. The van der Waals surface area contributed by atoms with Gasteiger partial charge in [-0.15, -0.1) is 0 Å². The van der Waals surface area contributed by atoms with Crippen molar-refractivity contribution in [3.63, 3.8) is 0 Å². The third kappa shape index (κ3) is 3.47. The van der Waals surface area contributed by atoms with Gasteiger partial charge in [-0.25, -0.2) is 8.78 Å². The maximum atomic E-state index is 12.5. The van der Waals surface area contributed by atoms with Crippen LogP contribution in [-0.4, -0.2) is 27.3 Å². The molecule has 24 heavy (non-hydrogen) atoms. The minimum Gasteiger partial charge on any atom is -0.338 e. The lowest BCUT2D eigenvalue weighted by molar-refractivity contribution is 0.0986. The highest BCUT2D eigenvalue weighted by atomic mass is 19.3. The van der Waals surface area contributed by atoms with Crippen molar-refractivity contribution in [3.8, 4) is 0 Å². The van der Waals surface area contributed by atoms with Crippen LogP contribution in [0.15, 0.2) is 16.8 Å². The van der Waals surface area contributed by atoms with Gasteiger partial charge in [0.25, 0.3) is 12.3 Å². The third-order valence-corrected chi connectivity index (χ3v) is 4.44. The molecule has 1 saturated carbocycles. The minimum absolute atomic E-state index is 0.0605. The lowest BCUT2D eigenvalue weighted by Crippen LogP contribution is -2.20. The summed E-state index contributed by atoms with van der Waals surface area (Å²) in [5.74, 6) is 0.0884. The summed E-state index contributed by atoms with van der Waals surface area (Å²) < 4.78 is 31.3. The van der Waals surface area contributed by atoms with Gasteiger partial charge in [-0.1, -0.05) is 24.4 Å². The molecule has 1 N–H and O–H groups in total. The van der Waals surface area contributed by atoms with Gasteiger partial charge in [0.05, 0.1) is 5.69 Å². The van der Waals surface area contributed by atoms with Crippen molar-refractivity contribution in [1.82, 2.24) is 14.9 Å². The van der Waals surface area contributed by atoms with E-state index in [-0.39, 0.29) is 11.6 Å². The Balaban J connectivity index is 1.73. The summed E-state index contributed by atoms with van der Waals surface area (Å²) in [5, 5.41) is 10.5. The number of aromatic nitrogens is 3. The third-order valence-electron chi connectivity index (χ3n) is 4.44. The maximum absolute atomic E-state index is 12.5. The number of halogens is 2. The zero-order valence-corrected chi connectivity index (χ0v) is 13.5. The van der Waals surface area contributed by atoms with Gasteiger partial charge in [0, 0.05) is 17.7 Å². The molecule has 0 unspecified atom stereocenters. The summed E-state index contributed by atoms with van der Waals surface area (Å²) in [5.41, 5.74) is 1.74. The van der Waals surface area contributed by atoms with E-state index in [9.17, 15) is 13.6 Å². The molecule has 2 heterocycles. The number of carbonyl (C=O) groups is 1. The number of hydrogen-bond acceptors (Lipinski definition) is 4. The van der Waals surface area contributed by atoms with E-state index < -0.39 is 18.9 Å². The molecule has 2 aromatic heterocycles. The number of hydrogen-bond donors (Lipinski definition) is 1. The van der Waals surface area contributed by atoms with Crippen LogP contribution in [0.4, 0.5) is 14.7 Å². The number of nitrogens with zero attached hydrogens (tertiary/aromatic N) is 3. The van der Waals surface area contributed by atoms with E-state index in [1.807, 2.05) is 6.92 Å². The smallest absolute Gasteiger partial charge is 0.276 e. The Bertz CT molecular complexity index is 705. The molecule has 0 spiro atoms. The quantitative estimate of drug-likeness (QED) is 0.901. The van der Waals surface area contributed by atoms with Gasteiger partial charge in [-0.05, 0) is 25.8 Å². The Morgan fingerprint density at radius 3 is 2.88 bits per heavy atom. The molecule has 1 aliphatic carbocycles. The summed E-state index contributed by atoms with van der Waals surface area (Å²) in [7, 11) is 0. The fourth-order valence-electron chi connectivity index (χ4n) is 3.19. The van der Waals surface area contributed by atoms with Gasteiger partial charge in [0.1, 0.15) is 12.2 Å². The van der Waals surface area contributed by atoms with Crippen molar-refractivity contribution in [2.75, 3.05) is 5.32 Å². The van der Waals surface area contributed by atoms with Crippen molar-refractivity contribution in [1.29, 1.82) is 0 Å². The zero-order chi connectivity index (χ0) is 17.1. The zero-order valence-electron chi connectivity index (χ0n) is 13.5. The minimum atomic E-state index is -2.58. The molecular formula is C16H20F2N4O2. The Morgan fingerprint density at radius 1 is 1.42 bits per heavy atom. The number of anilines is 1. The van der Waals surface area contributed by atoms with Crippen LogP contribution in [0, 0.1) is 6.92 Å². The highest BCUT2D eigenvalue weighted by molar-refractivity contribution is 6.02. The van der Waals surface area contributed by atoms with Gasteiger partial charge >= 0.3 is 0 Å². The molecule has 2 aromatic rings. The van der Waals surface area contributed by atoms with Gasteiger partial charge in [-0.2, -0.15) is 5.10 Å². The van der Waals surface area contributed by atoms with Gasteiger partial charge in [0.2, 0.25) is 5.88 Å². The van der Waals surface area contributed by atoms with E-state index >= 15 is 0 Å². The van der Waals surface area contributed by atoms with E-state index in [4.69, 9.17) is 4.52 Å². The summed E-state index contributed by atoms with van der Waals surface area (Å²) in [6.07, 6.45) is 4.46. The topological polar surface area (TPSA) is 73.0 Å². The first kappa shape index (κ1) is 16.6. The highest BCUT2D eigenvalue weighted by Gasteiger charge is 2.24. The summed E-state index contributed by atoms with van der Waals surface area (Å²) in [6, 6.07) is 1.39. The summed E-state index contributed by atoms with van der Waals surface area (Å²) >= 11 is 0. The van der Waals surface area contributed by atoms with Crippen molar-refractivity contribution in [2.45, 2.75) is 57.9 Å². The van der Waals surface area contributed by atoms with E-state index in [1.54, 1.807) is 0 Å². The Hall–Kier alpha value is -2.25. The first-order valence-electron chi connectivity index (χ1n) is 8.13. The second kappa shape index (κ2) is 7.11. The molecule has 0 aliphatic heterocycles. The molecule has 0 bridgehead atoms. The molecule has 130 valence electrons. The van der Waals surface area contributed by atoms with Crippen LogP contribution in [0.25, 0.3) is 0 Å². The molecule has 0 atom stereocenters. The second-order valence-electron chi connectivity index (χ2n) is 6.10. The monoisotopic (exact) mass is 338 g/mol. The van der Waals surface area contributed by atoms with Gasteiger partial charge < -0.3 is 4.52 Å². The van der Waals surface area contributed by atoms with Gasteiger partial charge in [0.15, 0.2) is 0 Å². The maximum Gasteiger partial charge on any atom is 0.276 e. The van der Waals surface area contributed by atoms with Crippen LogP contribution < -0.4 is 5.32 Å². The molecule has 0 radical (unpaired) electrons.